The van der Waals surface area contributed by atoms with Crippen molar-refractivity contribution in [3.63, 3.8) is 0 Å². The number of rotatable bonds is 6. The number of carboxylic acids is 1. The summed E-state index contributed by atoms with van der Waals surface area (Å²) in [7, 11) is 0. The number of hydrogen-bond donors (Lipinski definition) is 1. The second-order valence-corrected chi connectivity index (χ2v) is 9.17. The second kappa shape index (κ2) is 7.03. The summed E-state index contributed by atoms with van der Waals surface area (Å²) in [4.78, 5) is 35.1. The predicted molar refractivity (Wildman–Crippen MR) is 99.2 cm³/mol. The van der Waals surface area contributed by atoms with Gasteiger partial charge in [-0.15, -0.1) is 0 Å². The molecule has 8 heteroatoms. The maximum absolute atomic E-state index is 13.3. The van der Waals surface area contributed by atoms with Crippen molar-refractivity contribution >= 4 is 29.2 Å². The largest absolute Gasteiger partial charge is 0.550 e. The van der Waals surface area contributed by atoms with E-state index < -0.39 is 28.8 Å². The highest BCUT2D eigenvalue weighted by Crippen LogP contribution is 2.60. The minimum atomic E-state index is -1.35. The molecule has 1 atom stereocenters. The average molecular weight is 406 g/mol. The molecule has 1 N–H and O–H groups in total. The molecule has 1 amide bonds. The molecule has 4 aliphatic rings. The van der Waals surface area contributed by atoms with E-state index in [4.69, 9.17) is 11.6 Å². The molecule has 1 aromatic carbocycles. The summed E-state index contributed by atoms with van der Waals surface area (Å²) in [5, 5.41) is 25.5. The first-order chi connectivity index (χ1) is 13.3. The standard InChI is InChI=1S/C20H23ClN2O5/c21-16-2-1-14(23(27)28)6-15(16)17(7-18(24)25)22-19(26)20-8-11-3-12(9-20)5-13(4-11)10-20/h1-2,6,11-13,17H,3-5,7-10H2,(H,22,26)(H,24,25)/p-1/t11?,12?,13?,17-,20?/m0/s1. The zero-order chi connectivity index (χ0) is 20.1. The summed E-state index contributed by atoms with van der Waals surface area (Å²) in [6, 6.07) is 2.88. The first-order valence-electron chi connectivity index (χ1n) is 9.70. The first-order valence-corrected chi connectivity index (χ1v) is 10.1. The molecular formula is C20H22ClN2O5-. The van der Waals surface area contributed by atoms with Crippen molar-refractivity contribution in [1.82, 2.24) is 5.32 Å². The third kappa shape index (κ3) is 3.48. The molecule has 0 spiro atoms. The minimum Gasteiger partial charge on any atom is -0.550 e. The molecule has 0 aromatic heterocycles. The fourth-order valence-electron chi connectivity index (χ4n) is 6.02. The SMILES string of the molecule is O=C([O-])C[C@H](NC(=O)C12CC3CC(CC(C3)C1)C2)c1cc([N+](=O)[O-])ccc1Cl. The fraction of sp³-hybridized carbons (Fsp3) is 0.600. The number of carboxylic acid groups (broad SMARTS) is 1. The Labute approximate surface area is 167 Å². The van der Waals surface area contributed by atoms with Crippen molar-refractivity contribution < 1.29 is 19.6 Å². The van der Waals surface area contributed by atoms with Gasteiger partial charge in [0.2, 0.25) is 5.91 Å². The number of aliphatic carboxylic acids is 1. The van der Waals surface area contributed by atoms with Gasteiger partial charge < -0.3 is 15.2 Å². The van der Waals surface area contributed by atoms with E-state index in [1.54, 1.807) is 0 Å². The molecule has 4 saturated carbocycles. The van der Waals surface area contributed by atoms with Gasteiger partial charge in [0, 0.05) is 40.5 Å². The number of hydrogen-bond acceptors (Lipinski definition) is 5. The summed E-state index contributed by atoms with van der Waals surface area (Å²) in [5.41, 5.74) is -0.420. The highest BCUT2D eigenvalue weighted by atomic mass is 35.5. The molecule has 7 nitrogen and oxygen atoms in total. The van der Waals surface area contributed by atoms with Crippen LogP contribution in [0.3, 0.4) is 0 Å². The molecule has 1 aromatic rings. The number of benzene rings is 1. The van der Waals surface area contributed by atoms with Crippen LogP contribution in [0.15, 0.2) is 18.2 Å². The molecule has 0 unspecified atom stereocenters. The van der Waals surface area contributed by atoms with Gasteiger partial charge in [-0.25, -0.2) is 0 Å². The van der Waals surface area contributed by atoms with Crippen molar-refractivity contribution in [2.75, 3.05) is 0 Å². The predicted octanol–water partition coefficient (Wildman–Crippen LogP) is 2.76. The van der Waals surface area contributed by atoms with Crippen LogP contribution >= 0.6 is 11.6 Å². The van der Waals surface area contributed by atoms with Gasteiger partial charge >= 0.3 is 0 Å². The smallest absolute Gasteiger partial charge is 0.269 e. The first kappa shape index (κ1) is 19.2. The molecule has 0 saturated heterocycles. The maximum atomic E-state index is 13.3. The Bertz CT molecular complexity index is 805. The van der Waals surface area contributed by atoms with E-state index >= 15 is 0 Å². The van der Waals surface area contributed by atoms with Crippen molar-refractivity contribution in [2.24, 2.45) is 23.2 Å². The Morgan fingerprint density at radius 1 is 1.18 bits per heavy atom. The van der Waals surface area contributed by atoms with Gasteiger partial charge in [-0.2, -0.15) is 0 Å². The number of carbonyl (C=O) groups excluding carboxylic acids is 2. The zero-order valence-corrected chi connectivity index (χ0v) is 16.1. The van der Waals surface area contributed by atoms with Crippen LogP contribution in [-0.2, 0) is 9.59 Å². The molecule has 0 heterocycles. The molecule has 150 valence electrons. The maximum Gasteiger partial charge on any atom is 0.269 e. The third-order valence-electron chi connectivity index (χ3n) is 6.76. The minimum absolute atomic E-state index is 0.152. The van der Waals surface area contributed by atoms with Crippen molar-refractivity contribution in [3.05, 3.63) is 38.9 Å². The Kier molecular flexibility index (Phi) is 4.81. The van der Waals surface area contributed by atoms with Gasteiger partial charge in [-0.3, -0.25) is 14.9 Å². The Balaban J connectivity index is 1.61. The van der Waals surface area contributed by atoms with E-state index in [2.05, 4.69) is 5.32 Å². The van der Waals surface area contributed by atoms with Crippen molar-refractivity contribution in [1.29, 1.82) is 0 Å². The Morgan fingerprint density at radius 3 is 2.25 bits per heavy atom. The quantitative estimate of drug-likeness (QED) is 0.577. The van der Waals surface area contributed by atoms with Gasteiger partial charge in [0.1, 0.15) is 0 Å². The topological polar surface area (TPSA) is 112 Å². The third-order valence-corrected chi connectivity index (χ3v) is 7.11. The van der Waals surface area contributed by atoms with Gasteiger partial charge in [-0.1, -0.05) is 11.6 Å². The molecule has 0 aliphatic heterocycles. The molecule has 0 radical (unpaired) electrons. The molecule has 4 bridgehead atoms. The van der Waals surface area contributed by atoms with Crippen LogP contribution < -0.4 is 10.4 Å². The fourth-order valence-corrected chi connectivity index (χ4v) is 6.27. The molecule has 5 rings (SSSR count). The van der Waals surface area contributed by atoms with Gasteiger partial charge in [0.05, 0.1) is 11.0 Å². The number of nitrogens with one attached hydrogen (secondary N) is 1. The lowest BCUT2D eigenvalue weighted by Crippen LogP contribution is -2.54. The van der Waals surface area contributed by atoms with E-state index in [1.165, 1.54) is 37.5 Å². The number of carbonyl (C=O) groups is 2. The molecule has 28 heavy (non-hydrogen) atoms. The Hall–Kier alpha value is -2.15. The van der Waals surface area contributed by atoms with E-state index in [9.17, 15) is 24.8 Å². The number of halogens is 1. The van der Waals surface area contributed by atoms with Crippen LogP contribution in [-0.4, -0.2) is 16.8 Å². The van der Waals surface area contributed by atoms with Gasteiger partial charge in [0.25, 0.3) is 5.69 Å². The lowest BCUT2D eigenvalue weighted by atomic mass is 9.49. The van der Waals surface area contributed by atoms with Gasteiger partial charge in [-0.05, 0) is 62.3 Å². The van der Waals surface area contributed by atoms with Gasteiger partial charge in [0.15, 0.2) is 0 Å². The van der Waals surface area contributed by atoms with Crippen LogP contribution in [0.2, 0.25) is 5.02 Å². The lowest BCUT2D eigenvalue weighted by Gasteiger charge is -2.55. The summed E-state index contributed by atoms with van der Waals surface area (Å²) < 4.78 is 0. The number of nitro groups is 1. The monoisotopic (exact) mass is 405 g/mol. The van der Waals surface area contributed by atoms with Crippen LogP contribution in [0, 0.1) is 33.3 Å². The zero-order valence-electron chi connectivity index (χ0n) is 15.4. The number of amides is 1. The molecule has 4 aliphatic carbocycles. The van der Waals surface area contributed by atoms with Crippen molar-refractivity contribution in [2.45, 2.75) is 51.0 Å². The summed E-state index contributed by atoms with van der Waals surface area (Å²) in [6.45, 7) is 0. The molecular weight excluding hydrogens is 384 g/mol. The Morgan fingerprint density at radius 2 is 1.75 bits per heavy atom. The highest BCUT2D eigenvalue weighted by Gasteiger charge is 2.54. The van der Waals surface area contributed by atoms with Crippen LogP contribution in [0.25, 0.3) is 0 Å². The lowest BCUT2D eigenvalue weighted by molar-refractivity contribution is -0.385. The average Bonchev–Trinajstić information content (AvgIpc) is 2.59. The second-order valence-electron chi connectivity index (χ2n) is 8.76. The van der Waals surface area contributed by atoms with E-state index in [0.717, 1.165) is 19.3 Å². The van der Waals surface area contributed by atoms with Crippen molar-refractivity contribution in [3.8, 4) is 0 Å². The molecule has 4 fully saturated rings. The number of non-ortho nitro benzene ring substituents is 1. The van der Waals surface area contributed by atoms with E-state index in [-0.39, 0.29) is 22.2 Å². The van der Waals surface area contributed by atoms with Crippen LogP contribution in [0.5, 0.6) is 0 Å². The van der Waals surface area contributed by atoms with Crippen LogP contribution in [0.4, 0.5) is 5.69 Å². The normalized spacial score (nSPS) is 31.4. The highest BCUT2D eigenvalue weighted by molar-refractivity contribution is 6.31. The summed E-state index contributed by atoms with van der Waals surface area (Å²) >= 11 is 6.19. The summed E-state index contributed by atoms with van der Waals surface area (Å²) in [5.74, 6) is 0.202. The summed E-state index contributed by atoms with van der Waals surface area (Å²) in [6.07, 6.45) is 5.59. The number of nitro benzene ring substituents is 1. The van der Waals surface area contributed by atoms with E-state index in [0.29, 0.717) is 17.8 Å². The van der Waals surface area contributed by atoms with E-state index in [1.807, 2.05) is 0 Å². The number of nitrogens with zero attached hydrogens (tertiary/aromatic N) is 1. The van der Waals surface area contributed by atoms with Crippen LogP contribution in [0.1, 0.15) is 56.6 Å².